The van der Waals surface area contributed by atoms with Crippen LogP contribution in [0.5, 0.6) is 0 Å². The quantitative estimate of drug-likeness (QED) is 0.259. The van der Waals surface area contributed by atoms with Gasteiger partial charge < -0.3 is 33.7 Å². The van der Waals surface area contributed by atoms with Crippen molar-refractivity contribution < 1.29 is 57.2 Å². The molecule has 13 heteroatoms. The molecule has 13 nitrogen and oxygen atoms in total. The Morgan fingerprint density at radius 2 is 1.57 bits per heavy atom. The maximum absolute atomic E-state index is 13.4. The number of hydrogen-bond acceptors (Lipinski definition) is 12. The van der Waals surface area contributed by atoms with Crippen LogP contribution in [0, 0.1) is 0 Å². The highest BCUT2D eigenvalue weighted by molar-refractivity contribution is 5.80. The Kier molecular flexibility index (Phi) is 12.9. The van der Waals surface area contributed by atoms with E-state index in [0.29, 0.717) is 12.8 Å². The zero-order chi connectivity index (χ0) is 31.4. The fourth-order valence-corrected chi connectivity index (χ4v) is 5.01. The number of methoxy groups -OCH3 is 1. The van der Waals surface area contributed by atoms with Crippen molar-refractivity contribution in [3.8, 4) is 0 Å². The van der Waals surface area contributed by atoms with Crippen molar-refractivity contribution in [3.05, 3.63) is 35.9 Å². The van der Waals surface area contributed by atoms with E-state index in [1.165, 1.54) is 14.0 Å². The van der Waals surface area contributed by atoms with E-state index in [9.17, 15) is 28.8 Å². The smallest absolute Gasteiger partial charge is 0.338 e. The Morgan fingerprint density at radius 3 is 2.10 bits per heavy atom. The average molecular weight is 594 g/mol. The summed E-state index contributed by atoms with van der Waals surface area (Å²) in [6, 6.07) is 8.33. The molecule has 2 rings (SSSR count). The van der Waals surface area contributed by atoms with E-state index in [0.717, 1.165) is 33.3 Å². The maximum atomic E-state index is 13.4. The van der Waals surface area contributed by atoms with Gasteiger partial charge in [-0.05, 0) is 24.8 Å². The number of esters is 5. The lowest BCUT2D eigenvalue weighted by molar-refractivity contribution is -0.243. The van der Waals surface area contributed by atoms with Gasteiger partial charge in [-0.3, -0.25) is 24.0 Å². The molecule has 1 fully saturated rings. The lowest BCUT2D eigenvalue weighted by Crippen LogP contribution is -2.68. The second-order valence-corrected chi connectivity index (χ2v) is 10.0. The summed E-state index contributed by atoms with van der Waals surface area (Å²) in [5.41, 5.74) is -0.726. The summed E-state index contributed by atoms with van der Waals surface area (Å²) in [6.07, 6.45) is -4.67. The van der Waals surface area contributed by atoms with Crippen LogP contribution in [-0.2, 0) is 63.6 Å². The highest BCUT2D eigenvalue weighted by Gasteiger charge is 2.57. The van der Waals surface area contributed by atoms with Crippen molar-refractivity contribution in [1.82, 2.24) is 5.32 Å². The number of carbonyl (C=O) groups excluding carboxylic acids is 6. The molecule has 0 radical (unpaired) electrons. The Bertz CT molecular complexity index is 1120. The number of benzene rings is 1. The highest BCUT2D eigenvalue weighted by atomic mass is 16.6. The Balaban J connectivity index is 2.65. The van der Waals surface area contributed by atoms with E-state index in [1.54, 1.807) is 0 Å². The summed E-state index contributed by atoms with van der Waals surface area (Å²) in [6.45, 7) is 5.16. The number of ether oxygens (including phenoxy) is 6. The van der Waals surface area contributed by atoms with Gasteiger partial charge in [0, 0.05) is 41.0 Å². The summed E-state index contributed by atoms with van der Waals surface area (Å²) >= 11 is 0. The van der Waals surface area contributed by atoms with Gasteiger partial charge in [-0.1, -0.05) is 30.3 Å². The standard InChI is InChI=1S/C29H39NO12/c1-17(31)30-25-23(39-19(3)33)15-29(28(36)37-6,14-10-13-22-11-8-7-9-12-22)42-27(25)26(41-21(5)35)24(40-20(4)34)16-38-18(2)32/h7-9,11-12,23-27H,10,13-16H2,1-6H3,(H,30,31)/t23-,24+,25+,26+,27+,29-/m0/s1. The van der Waals surface area contributed by atoms with Crippen LogP contribution in [0.25, 0.3) is 0 Å². The zero-order valence-electron chi connectivity index (χ0n) is 24.7. The van der Waals surface area contributed by atoms with Crippen LogP contribution in [0.3, 0.4) is 0 Å². The van der Waals surface area contributed by atoms with Gasteiger partial charge >= 0.3 is 29.8 Å². The van der Waals surface area contributed by atoms with Crippen molar-refractivity contribution in [1.29, 1.82) is 0 Å². The molecule has 1 heterocycles. The second-order valence-electron chi connectivity index (χ2n) is 10.0. The van der Waals surface area contributed by atoms with Crippen LogP contribution in [0.1, 0.15) is 59.4 Å². The minimum absolute atomic E-state index is 0.0879. The van der Waals surface area contributed by atoms with Crippen LogP contribution in [0.15, 0.2) is 30.3 Å². The largest absolute Gasteiger partial charge is 0.467 e. The molecular weight excluding hydrogens is 554 g/mol. The minimum atomic E-state index is -1.73. The van der Waals surface area contributed by atoms with E-state index < -0.39 is 78.4 Å². The molecule has 1 saturated heterocycles. The van der Waals surface area contributed by atoms with Crippen LogP contribution in [0.4, 0.5) is 0 Å². The van der Waals surface area contributed by atoms with Crippen LogP contribution in [-0.4, -0.2) is 85.5 Å². The Hall–Kier alpha value is -4.00. The molecule has 6 atom stereocenters. The van der Waals surface area contributed by atoms with Crippen molar-refractivity contribution in [2.45, 2.75) is 96.4 Å². The van der Waals surface area contributed by atoms with Gasteiger partial charge in [-0.2, -0.15) is 0 Å². The van der Waals surface area contributed by atoms with Crippen LogP contribution >= 0.6 is 0 Å². The molecule has 1 N–H and O–H groups in total. The third kappa shape index (κ3) is 10.1. The third-order valence-corrected chi connectivity index (χ3v) is 6.54. The monoisotopic (exact) mass is 593 g/mol. The van der Waals surface area contributed by atoms with E-state index >= 15 is 0 Å². The number of aryl methyl sites for hydroxylation is 1. The summed E-state index contributed by atoms with van der Waals surface area (Å²) in [7, 11) is 1.17. The molecular formula is C29H39NO12. The molecule has 0 unspecified atom stereocenters. The van der Waals surface area contributed by atoms with Gasteiger partial charge in [0.2, 0.25) is 5.91 Å². The van der Waals surface area contributed by atoms with Crippen LogP contribution in [0.2, 0.25) is 0 Å². The van der Waals surface area contributed by atoms with E-state index in [2.05, 4.69) is 5.32 Å². The predicted molar refractivity (Wildman–Crippen MR) is 145 cm³/mol. The fourth-order valence-electron chi connectivity index (χ4n) is 5.01. The molecule has 42 heavy (non-hydrogen) atoms. The van der Waals surface area contributed by atoms with Gasteiger partial charge in [0.25, 0.3) is 0 Å². The van der Waals surface area contributed by atoms with Gasteiger partial charge in [0.05, 0.1) is 13.2 Å². The first-order valence-corrected chi connectivity index (χ1v) is 13.5. The molecule has 1 amide bonds. The van der Waals surface area contributed by atoms with E-state index in [1.807, 2.05) is 30.3 Å². The maximum Gasteiger partial charge on any atom is 0.338 e. The molecule has 1 aliphatic heterocycles. The molecule has 1 aliphatic rings. The molecule has 0 spiro atoms. The lowest BCUT2D eigenvalue weighted by Gasteiger charge is -2.49. The number of carbonyl (C=O) groups is 6. The topological polar surface area (TPSA) is 170 Å². The molecule has 1 aromatic rings. The lowest BCUT2D eigenvalue weighted by atomic mass is 9.80. The molecule has 232 valence electrons. The predicted octanol–water partition coefficient (Wildman–Crippen LogP) is 1.57. The number of rotatable bonds is 13. The summed E-state index contributed by atoms with van der Waals surface area (Å²) in [4.78, 5) is 73.9. The normalized spacial score (nSPS) is 23.0. The second kappa shape index (κ2) is 15.9. The fraction of sp³-hybridized carbons (Fsp3) is 0.586. The third-order valence-electron chi connectivity index (χ3n) is 6.54. The Morgan fingerprint density at radius 1 is 0.929 bits per heavy atom. The first kappa shape index (κ1) is 34.2. The first-order chi connectivity index (χ1) is 19.8. The van der Waals surface area contributed by atoms with E-state index in [-0.39, 0.29) is 12.8 Å². The van der Waals surface area contributed by atoms with Crippen molar-refractivity contribution in [2.75, 3.05) is 13.7 Å². The SMILES string of the molecule is COC(=O)[C@]1(CCCc2ccccc2)C[C@H](OC(C)=O)[C@@H](NC(C)=O)[C@H]([C@H](OC(C)=O)[C@@H](COC(C)=O)OC(C)=O)O1. The first-order valence-electron chi connectivity index (χ1n) is 13.5. The minimum Gasteiger partial charge on any atom is -0.467 e. The summed E-state index contributed by atoms with van der Waals surface area (Å²) in [5.74, 6) is -4.38. The van der Waals surface area contributed by atoms with Gasteiger partial charge in [-0.15, -0.1) is 0 Å². The highest BCUT2D eigenvalue weighted by Crippen LogP contribution is 2.39. The van der Waals surface area contributed by atoms with Crippen molar-refractivity contribution >= 4 is 35.8 Å². The van der Waals surface area contributed by atoms with Crippen LogP contribution < -0.4 is 5.32 Å². The van der Waals surface area contributed by atoms with Crippen molar-refractivity contribution in [3.63, 3.8) is 0 Å². The number of hydrogen-bond donors (Lipinski definition) is 1. The van der Waals surface area contributed by atoms with E-state index in [4.69, 9.17) is 28.4 Å². The summed E-state index contributed by atoms with van der Waals surface area (Å²) in [5, 5.41) is 2.66. The summed E-state index contributed by atoms with van der Waals surface area (Å²) < 4.78 is 33.1. The molecule has 0 saturated carbocycles. The Labute approximate surface area is 244 Å². The molecule has 0 aromatic heterocycles. The van der Waals surface area contributed by atoms with Gasteiger partial charge in [-0.25, -0.2) is 4.79 Å². The number of amides is 1. The molecule has 0 bridgehead atoms. The molecule has 0 aliphatic carbocycles. The average Bonchev–Trinajstić information content (AvgIpc) is 2.90. The number of nitrogens with one attached hydrogen (secondary N) is 1. The van der Waals surface area contributed by atoms with Gasteiger partial charge in [0.15, 0.2) is 17.8 Å². The van der Waals surface area contributed by atoms with Gasteiger partial charge in [0.1, 0.15) is 18.8 Å². The van der Waals surface area contributed by atoms with Crippen molar-refractivity contribution in [2.24, 2.45) is 0 Å². The zero-order valence-corrected chi connectivity index (χ0v) is 24.7. The molecule has 1 aromatic carbocycles.